The third kappa shape index (κ3) is 5.78. The van der Waals surface area contributed by atoms with E-state index in [9.17, 15) is 14.4 Å². The second-order valence-corrected chi connectivity index (χ2v) is 8.37. The molecule has 3 aromatic carbocycles. The summed E-state index contributed by atoms with van der Waals surface area (Å²) in [6.45, 7) is 1.87. The van der Waals surface area contributed by atoms with Crippen molar-refractivity contribution in [3.8, 4) is 0 Å². The first-order chi connectivity index (χ1) is 16.5. The molecule has 3 amide bonds. The molecule has 6 nitrogen and oxygen atoms in total. The van der Waals surface area contributed by atoms with Gasteiger partial charge in [-0.05, 0) is 67.6 Å². The predicted molar refractivity (Wildman–Crippen MR) is 135 cm³/mol. The Morgan fingerprint density at radius 3 is 2.12 bits per heavy atom. The molecule has 1 aliphatic carbocycles. The Morgan fingerprint density at radius 1 is 0.765 bits per heavy atom. The van der Waals surface area contributed by atoms with Gasteiger partial charge in [-0.25, -0.2) is 0 Å². The van der Waals surface area contributed by atoms with Gasteiger partial charge in [-0.3, -0.25) is 14.4 Å². The van der Waals surface area contributed by atoms with Crippen LogP contribution in [0.4, 0.5) is 17.1 Å². The lowest BCUT2D eigenvalue weighted by Crippen LogP contribution is -2.18. The van der Waals surface area contributed by atoms with Crippen molar-refractivity contribution >= 4 is 34.8 Å². The SMILES string of the molecule is Cc1ccc(C(=O)Nc2ccccc2NC(=O)CC2C=CCC2)cc1NC(=O)c1ccccc1. The summed E-state index contributed by atoms with van der Waals surface area (Å²) in [5.74, 6) is -0.402. The average molecular weight is 454 g/mol. The van der Waals surface area contributed by atoms with Crippen LogP contribution >= 0.6 is 0 Å². The zero-order valence-electron chi connectivity index (χ0n) is 19.0. The summed E-state index contributed by atoms with van der Waals surface area (Å²) in [5.41, 5.74) is 3.40. The van der Waals surface area contributed by atoms with E-state index in [4.69, 9.17) is 0 Å². The lowest BCUT2D eigenvalue weighted by molar-refractivity contribution is -0.116. The fraction of sp³-hybridized carbons (Fsp3) is 0.179. The summed E-state index contributed by atoms with van der Waals surface area (Å²) in [6.07, 6.45) is 6.60. The van der Waals surface area contributed by atoms with Gasteiger partial charge in [0, 0.05) is 23.2 Å². The molecule has 0 aromatic heterocycles. The maximum atomic E-state index is 13.0. The Balaban J connectivity index is 1.45. The van der Waals surface area contributed by atoms with Gasteiger partial charge < -0.3 is 16.0 Å². The van der Waals surface area contributed by atoms with Crippen LogP contribution in [0.2, 0.25) is 0 Å². The minimum atomic E-state index is -0.337. The first-order valence-electron chi connectivity index (χ1n) is 11.3. The number of nitrogens with one attached hydrogen (secondary N) is 3. The molecule has 0 saturated carbocycles. The summed E-state index contributed by atoms with van der Waals surface area (Å²) in [6, 6.07) is 21.2. The third-order valence-corrected chi connectivity index (χ3v) is 5.79. The first kappa shape index (κ1) is 23.0. The van der Waals surface area contributed by atoms with E-state index in [0.717, 1.165) is 18.4 Å². The highest BCUT2D eigenvalue weighted by Crippen LogP contribution is 2.25. The molecule has 34 heavy (non-hydrogen) atoms. The molecule has 1 unspecified atom stereocenters. The van der Waals surface area contributed by atoms with Crippen molar-refractivity contribution in [1.29, 1.82) is 0 Å². The highest BCUT2D eigenvalue weighted by molar-refractivity contribution is 6.09. The molecule has 1 atom stereocenters. The Bertz CT molecular complexity index is 1230. The number of amides is 3. The molecule has 0 bridgehead atoms. The highest BCUT2D eigenvalue weighted by Gasteiger charge is 2.17. The number of hydrogen-bond acceptors (Lipinski definition) is 3. The summed E-state index contributed by atoms with van der Waals surface area (Å²) >= 11 is 0. The molecule has 0 radical (unpaired) electrons. The van der Waals surface area contributed by atoms with Gasteiger partial charge in [-0.15, -0.1) is 0 Å². The Kier molecular flexibility index (Phi) is 7.18. The normalized spacial score (nSPS) is 14.4. The van der Waals surface area contributed by atoms with Crippen LogP contribution in [0.15, 0.2) is 84.9 Å². The van der Waals surface area contributed by atoms with E-state index < -0.39 is 0 Å². The number of aryl methyl sites for hydroxylation is 1. The van der Waals surface area contributed by atoms with Crippen molar-refractivity contribution in [3.63, 3.8) is 0 Å². The summed E-state index contributed by atoms with van der Waals surface area (Å²) in [7, 11) is 0. The van der Waals surface area contributed by atoms with Crippen molar-refractivity contribution in [2.24, 2.45) is 5.92 Å². The lowest BCUT2D eigenvalue weighted by Gasteiger charge is -2.14. The number of rotatable bonds is 7. The molecule has 4 rings (SSSR count). The van der Waals surface area contributed by atoms with Crippen molar-refractivity contribution < 1.29 is 14.4 Å². The smallest absolute Gasteiger partial charge is 0.255 e. The fourth-order valence-corrected chi connectivity index (χ4v) is 3.88. The topological polar surface area (TPSA) is 87.3 Å². The maximum absolute atomic E-state index is 13.0. The van der Waals surface area contributed by atoms with Crippen LogP contribution in [0.3, 0.4) is 0 Å². The first-order valence-corrected chi connectivity index (χ1v) is 11.3. The van der Waals surface area contributed by atoms with Crippen LogP contribution in [-0.2, 0) is 4.79 Å². The van der Waals surface area contributed by atoms with Crippen molar-refractivity contribution in [2.75, 3.05) is 16.0 Å². The van der Waals surface area contributed by atoms with Crippen molar-refractivity contribution in [1.82, 2.24) is 0 Å². The van der Waals surface area contributed by atoms with Crippen LogP contribution in [0.25, 0.3) is 0 Å². The predicted octanol–water partition coefficient (Wildman–Crippen LogP) is 5.79. The average Bonchev–Trinajstić information content (AvgIpc) is 3.35. The standard InChI is InChI=1S/C28H27N3O3/c1-19-15-16-22(18-25(19)31-27(33)21-11-3-2-4-12-21)28(34)30-24-14-8-7-13-23(24)29-26(32)17-20-9-5-6-10-20/h2-5,7-9,11-16,18,20H,6,10,17H2,1H3,(H,29,32)(H,30,34)(H,31,33). The number of anilines is 3. The number of para-hydroxylation sites is 2. The molecule has 0 spiro atoms. The fourth-order valence-electron chi connectivity index (χ4n) is 3.88. The summed E-state index contributed by atoms with van der Waals surface area (Å²) < 4.78 is 0. The van der Waals surface area contributed by atoms with Gasteiger partial charge in [-0.2, -0.15) is 0 Å². The van der Waals surface area contributed by atoms with E-state index in [0.29, 0.717) is 34.6 Å². The monoisotopic (exact) mass is 453 g/mol. The van der Waals surface area contributed by atoms with Crippen molar-refractivity contribution in [3.05, 3.63) is 102 Å². The molecule has 3 aromatic rings. The van der Waals surface area contributed by atoms with Gasteiger partial charge in [0.2, 0.25) is 5.91 Å². The van der Waals surface area contributed by atoms with E-state index in [1.807, 2.05) is 19.1 Å². The summed E-state index contributed by atoms with van der Waals surface area (Å²) in [5, 5.41) is 8.67. The molecule has 3 N–H and O–H groups in total. The Labute approximate surface area is 199 Å². The van der Waals surface area contributed by atoms with Crippen LogP contribution in [0, 0.1) is 12.8 Å². The Hall–Kier alpha value is -4.19. The third-order valence-electron chi connectivity index (χ3n) is 5.79. The molecule has 0 heterocycles. The molecule has 172 valence electrons. The molecular weight excluding hydrogens is 426 g/mol. The van der Waals surface area contributed by atoms with E-state index in [-0.39, 0.29) is 23.6 Å². The number of hydrogen-bond donors (Lipinski definition) is 3. The van der Waals surface area contributed by atoms with Crippen molar-refractivity contribution in [2.45, 2.75) is 26.2 Å². The van der Waals surface area contributed by atoms with Gasteiger partial charge in [0.15, 0.2) is 0 Å². The number of benzene rings is 3. The van der Waals surface area contributed by atoms with Gasteiger partial charge in [0.05, 0.1) is 11.4 Å². The minimum Gasteiger partial charge on any atom is -0.324 e. The second-order valence-electron chi connectivity index (χ2n) is 8.37. The number of carbonyl (C=O) groups is 3. The molecule has 0 fully saturated rings. The van der Waals surface area contributed by atoms with E-state index >= 15 is 0 Å². The Morgan fingerprint density at radius 2 is 1.41 bits per heavy atom. The molecule has 0 saturated heterocycles. The highest BCUT2D eigenvalue weighted by atomic mass is 16.2. The second kappa shape index (κ2) is 10.6. The molecular formula is C28H27N3O3. The zero-order chi connectivity index (χ0) is 23.9. The van der Waals surface area contributed by atoms with Gasteiger partial charge in [-0.1, -0.05) is 48.6 Å². The largest absolute Gasteiger partial charge is 0.324 e. The van der Waals surface area contributed by atoms with Crippen LogP contribution in [0.5, 0.6) is 0 Å². The quantitative estimate of drug-likeness (QED) is 0.396. The molecule has 1 aliphatic rings. The molecule has 0 aliphatic heterocycles. The maximum Gasteiger partial charge on any atom is 0.255 e. The van der Waals surface area contributed by atoms with Gasteiger partial charge in [0.1, 0.15) is 0 Å². The number of allylic oxidation sites excluding steroid dienone is 2. The van der Waals surface area contributed by atoms with Crippen LogP contribution < -0.4 is 16.0 Å². The zero-order valence-corrected chi connectivity index (χ0v) is 19.0. The number of carbonyl (C=O) groups excluding carboxylic acids is 3. The minimum absolute atomic E-state index is 0.0838. The molecule has 6 heteroatoms. The van der Waals surface area contributed by atoms with E-state index in [1.165, 1.54) is 0 Å². The summed E-state index contributed by atoms with van der Waals surface area (Å²) in [4.78, 5) is 38.0. The lowest BCUT2D eigenvalue weighted by atomic mass is 10.0. The van der Waals surface area contributed by atoms with E-state index in [2.05, 4.69) is 28.1 Å². The van der Waals surface area contributed by atoms with Crippen LogP contribution in [-0.4, -0.2) is 17.7 Å². The van der Waals surface area contributed by atoms with Gasteiger partial charge in [0.25, 0.3) is 11.8 Å². The van der Waals surface area contributed by atoms with Gasteiger partial charge >= 0.3 is 0 Å². The van der Waals surface area contributed by atoms with Crippen LogP contribution in [0.1, 0.15) is 45.5 Å². The van der Waals surface area contributed by atoms with E-state index in [1.54, 1.807) is 60.7 Å².